The molecule has 0 spiro atoms. The summed E-state index contributed by atoms with van der Waals surface area (Å²) in [6.45, 7) is 5.99. The molecule has 126 valence electrons. The lowest BCUT2D eigenvalue weighted by Crippen LogP contribution is -2.24. The molecular formula is C15H18N6OS2. The minimum Gasteiger partial charge on any atom is -0.324 e. The van der Waals surface area contributed by atoms with E-state index in [1.165, 1.54) is 23.5 Å². The molecule has 2 aromatic rings. The molecule has 0 atom stereocenters. The van der Waals surface area contributed by atoms with Gasteiger partial charge in [-0.3, -0.25) is 4.79 Å². The minimum absolute atomic E-state index is 0.145. The third-order valence-corrected chi connectivity index (χ3v) is 4.72. The summed E-state index contributed by atoms with van der Waals surface area (Å²) in [6, 6.07) is 9.51. The Hall–Kier alpha value is -2.05. The van der Waals surface area contributed by atoms with Crippen LogP contribution in [0.25, 0.3) is 0 Å². The molecule has 2 rings (SSSR count). The summed E-state index contributed by atoms with van der Waals surface area (Å²) in [5.41, 5.74) is 0.460. The van der Waals surface area contributed by atoms with Gasteiger partial charge in [-0.05, 0) is 43.3 Å². The number of tetrazole rings is 1. The van der Waals surface area contributed by atoms with Crippen LogP contribution in [0, 0.1) is 11.3 Å². The number of aromatic nitrogens is 4. The van der Waals surface area contributed by atoms with Gasteiger partial charge < -0.3 is 5.32 Å². The van der Waals surface area contributed by atoms with E-state index in [2.05, 4.69) is 26.9 Å². The lowest BCUT2D eigenvalue weighted by atomic mass is 10.1. The zero-order chi connectivity index (χ0) is 17.6. The first-order chi connectivity index (χ1) is 11.4. The van der Waals surface area contributed by atoms with Crippen molar-refractivity contribution >= 4 is 35.1 Å². The van der Waals surface area contributed by atoms with E-state index >= 15 is 0 Å². The van der Waals surface area contributed by atoms with Crippen LogP contribution in [0.2, 0.25) is 0 Å². The van der Waals surface area contributed by atoms with Crippen molar-refractivity contribution in [2.75, 3.05) is 16.8 Å². The van der Waals surface area contributed by atoms with Crippen molar-refractivity contribution < 1.29 is 4.79 Å². The Morgan fingerprint density at radius 3 is 2.79 bits per heavy atom. The van der Waals surface area contributed by atoms with E-state index in [4.69, 9.17) is 5.26 Å². The van der Waals surface area contributed by atoms with Crippen molar-refractivity contribution in [3.8, 4) is 6.07 Å². The quantitative estimate of drug-likeness (QED) is 0.789. The minimum atomic E-state index is -0.247. The second-order valence-electron chi connectivity index (χ2n) is 5.82. The molecule has 0 fully saturated rings. The maximum atomic E-state index is 12.2. The van der Waals surface area contributed by atoms with Crippen molar-refractivity contribution in [2.24, 2.45) is 0 Å². The Bertz CT molecular complexity index is 747. The number of nitriles is 1. The molecule has 1 aromatic heterocycles. The number of carbonyl (C=O) groups is 1. The van der Waals surface area contributed by atoms with Crippen LogP contribution < -0.4 is 5.32 Å². The lowest BCUT2D eigenvalue weighted by Gasteiger charge is -2.19. The molecule has 24 heavy (non-hydrogen) atoms. The van der Waals surface area contributed by atoms with Crippen molar-refractivity contribution in [2.45, 2.75) is 36.4 Å². The molecule has 0 aliphatic heterocycles. The van der Waals surface area contributed by atoms with E-state index in [-0.39, 0.29) is 17.2 Å². The maximum Gasteiger partial charge on any atom is 0.234 e. The number of amides is 1. The SMILES string of the molecule is CC(C)(C)n1nnnc1SCC(=O)Nc1ccccc1SCC#N. The Labute approximate surface area is 149 Å². The van der Waals surface area contributed by atoms with Gasteiger partial charge in [-0.25, -0.2) is 4.68 Å². The fraction of sp³-hybridized carbons (Fsp3) is 0.400. The van der Waals surface area contributed by atoms with Crippen molar-refractivity contribution in [1.82, 2.24) is 20.2 Å². The average Bonchev–Trinajstić information content (AvgIpc) is 3.01. The zero-order valence-electron chi connectivity index (χ0n) is 13.7. The van der Waals surface area contributed by atoms with Crippen LogP contribution in [-0.4, -0.2) is 37.6 Å². The predicted molar refractivity (Wildman–Crippen MR) is 94.9 cm³/mol. The monoisotopic (exact) mass is 362 g/mol. The topological polar surface area (TPSA) is 96.5 Å². The third-order valence-electron chi connectivity index (χ3n) is 2.86. The predicted octanol–water partition coefficient (Wildman–Crippen LogP) is 2.77. The van der Waals surface area contributed by atoms with Crippen molar-refractivity contribution in [3.63, 3.8) is 0 Å². The van der Waals surface area contributed by atoms with Crippen LogP contribution >= 0.6 is 23.5 Å². The average molecular weight is 362 g/mol. The van der Waals surface area contributed by atoms with E-state index in [9.17, 15) is 4.79 Å². The van der Waals surface area contributed by atoms with Crippen LogP contribution in [0.3, 0.4) is 0 Å². The number of carbonyl (C=O) groups excluding carboxylic acids is 1. The molecule has 0 saturated carbocycles. The summed E-state index contributed by atoms with van der Waals surface area (Å²) in [5, 5.41) is 23.8. The molecule has 0 unspecified atom stereocenters. The molecule has 1 heterocycles. The highest BCUT2D eigenvalue weighted by Crippen LogP contribution is 2.27. The van der Waals surface area contributed by atoms with Gasteiger partial charge in [0.1, 0.15) is 0 Å². The number of nitrogens with zero attached hydrogens (tertiary/aromatic N) is 5. The van der Waals surface area contributed by atoms with Gasteiger partial charge in [0.2, 0.25) is 11.1 Å². The van der Waals surface area contributed by atoms with Gasteiger partial charge in [-0.2, -0.15) is 5.26 Å². The summed E-state index contributed by atoms with van der Waals surface area (Å²) in [6.07, 6.45) is 0. The Morgan fingerprint density at radius 1 is 1.33 bits per heavy atom. The second kappa shape index (κ2) is 8.17. The summed E-state index contributed by atoms with van der Waals surface area (Å²) >= 11 is 2.68. The molecule has 7 nitrogen and oxygen atoms in total. The summed E-state index contributed by atoms with van der Waals surface area (Å²) in [5.74, 6) is 0.392. The van der Waals surface area contributed by atoms with Crippen molar-refractivity contribution in [1.29, 1.82) is 5.26 Å². The largest absolute Gasteiger partial charge is 0.324 e. The van der Waals surface area contributed by atoms with Crippen molar-refractivity contribution in [3.05, 3.63) is 24.3 Å². The van der Waals surface area contributed by atoms with Gasteiger partial charge in [0.05, 0.1) is 28.8 Å². The number of anilines is 1. The second-order valence-corrected chi connectivity index (χ2v) is 7.78. The Morgan fingerprint density at radius 2 is 2.08 bits per heavy atom. The maximum absolute atomic E-state index is 12.2. The van der Waals surface area contributed by atoms with Crippen LogP contribution in [-0.2, 0) is 10.3 Å². The summed E-state index contributed by atoms with van der Waals surface area (Å²) in [7, 11) is 0. The molecule has 9 heteroatoms. The van der Waals surface area contributed by atoms with Gasteiger partial charge in [0, 0.05) is 4.90 Å². The third kappa shape index (κ3) is 4.97. The van der Waals surface area contributed by atoms with Crippen LogP contribution in [0.1, 0.15) is 20.8 Å². The molecule has 0 bridgehead atoms. The molecule has 0 aliphatic rings. The number of para-hydroxylation sites is 1. The van der Waals surface area contributed by atoms with Crippen LogP contribution in [0.5, 0.6) is 0 Å². The lowest BCUT2D eigenvalue weighted by molar-refractivity contribution is -0.113. The number of thioether (sulfide) groups is 2. The van der Waals surface area contributed by atoms with E-state index in [0.717, 1.165) is 4.90 Å². The highest BCUT2D eigenvalue weighted by atomic mass is 32.2. The summed E-state index contributed by atoms with van der Waals surface area (Å²) < 4.78 is 1.70. The fourth-order valence-corrected chi connectivity index (χ4v) is 3.34. The molecule has 1 amide bonds. The van der Waals surface area contributed by atoms with Gasteiger partial charge in [-0.15, -0.1) is 16.9 Å². The molecule has 0 radical (unpaired) electrons. The number of nitrogens with one attached hydrogen (secondary N) is 1. The first-order valence-corrected chi connectivity index (χ1v) is 9.19. The van der Waals surface area contributed by atoms with Gasteiger partial charge >= 0.3 is 0 Å². The molecule has 0 aliphatic carbocycles. The van der Waals surface area contributed by atoms with E-state index < -0.39 is 0 Å². The zero-order valence-corrected chi connectivity index (χ0v) is 15.3. The van der Waals surface area contributed by atoms with Gasteiger partial charge in [0.15, 0.2) is 0 Å². The van der Waals surface area contributed by atoms with E-state index in [1.54, 1.807) is 4.68 Å². The van der Waals surface area contributed by atoms with Gasteiger partial charge in [-0.1, -0.05) is 23.9 Å². The smallest absolute Gasteiger partial charge is 0.234 e. The van der Waals surface area contributed by atoms with E-state index in [0.29, 0.717) is 16.6 Å². The molecular weight excluding hydrogens is 344 g/mol. The first-order valence-electron chi connectivity index (χ1n) is 7.22. The normalized spacial score (nSPS) is 11.1. The fourth-order valence-electron chi connectivity index (χ4n) is 1.81. The molecule has 1 aromatic carbocycles. The van der Waals surface area contributed by atoms with Gasteiger partial charge in [0.25, 0.3) is 0 Å². The highest BCUT2D eigenvalue weighted by Gasteiger charge is 2.20. The molecule has 0 saturated heterocycles. The number of benzene rings is 1. The number of hydrogen-bond donors (Lipinski definition) is 1. The standard InChI is InChI=1S/C15H18N6OS2/c1-15(2,3)21-14(18-19-20-21)24-10-13(22)17-11-6-4-5-7-12(11)23-9-8-16/h4-7H,9-10H2,1-3H3,(H,17,22). The van der Waals surface area contributed by atoms with Crippen LogP contribution in [0.4, 0.5) is 5.69 Å². The Kier molecular flexibility index (Phi) is 6.23. The highest BCUT2D eigenvalue weighted by molar-refractivity contribution is 8.00. The number of rotatable bonds is 6. The van der Waals surface area contributed by atoms with Crippen LogP contribution in [0.15, 0.2) is 34.3 Å². The Balaban J connectivity index is 1.98. The van der Waals surface area contributed by atoms with E-state index in [1.807, 2.05) is 45.0 Å². The molecule has 1 N–H and O–H groups in total. The number of hydrogen-bond acceptors (Lipinski definition) is 7. The summed E-state index contributed by atoms with van der Waals surface area (Å²) in [4.78, 5) is 13.1. The first kappa shape index (κ1) is 18.3.